The van der Waals surface area contributed by atoms with Crippen LogP contribution in [0.15, 0.2) is 53.4 Å². The highest BCUT2D eigenvalue weighted by Gasteiger charge is 2.16. The highest BCUT2D eigenvalue weighted by molar-refractivity contribution is 7.92. The number of Topliss-reactive ketones (excluding diaryl/α,β-unsaturated/α-hetero) is 1. The summed E-state index contributed by atoms with van der Waals surface area (Å²) in [6, 6.07) is 11.6. The second-order valence-electron chi connectivity index (χ2n) is 4.76. The molecule has 2 aromatic rings. The van der Waals surface area contributed by atoms with Gasteiger partial charge in [0.2, 0.25) is 0 Å². The number of nitrogens with one attached hydrogen (secondary N) is 1. The first-order valence-electron chi connectivity index (χ1n) is 6.65. The molecule has 0 atom stereocenters. The van der Waals surface area contributed by atoms with Crippen molar-refractivity contribution in [1.82, 2.24) is 0 Å². The fourth-order valence-corrected chi connectivity index (χ4v) is 2.99. The summed E-state index contributed by atoms with van der Waals surface area (Å²) in [4.78, 5) is 22.7. The molecular weight excluding hydrogens is 318 g/mol. The first-order chi connectivity index (χ1) is 10.8. The number of benzene rings is 2. The van der Waals surface area contributed by atoms with E-state index in [1.807, 2.05) is 0 Å². The van der Waals surface area contributed by atoms with E-state index < -0.39 is 16.0 Å². The van der Waals surface area contributed by atoms with Crippen LogP contribution >= 0.6 is 0 Å². The average Bonchev–Trinajstić information content (AvgIpc) is 2.54. The van der Waals surface area contributed by atoms with E-state index >= 15 is 0 Å². The molecule has 0 unspecified atom stereocenters. The Morgan fingerprint density at radius 1 is 1.00 bits per heavy atom. The topological polar surface area (TPSA) is 89.5 Å². The summed E-state index contributed by atoms with van der Waals surface area (Å²) in [5, 5.41) is 0. The number of ether oxygens (including phenoxy) is 1. The van der Waals surface area contributed by atoms with Gasteiger partial charge in [-0.05, 0) is 43.3 Å². The molecule has 0 aliphatic carbocycles. The van der Waals surface area contributed by atoms with Crippen LogP contribution in [0.4, 0.5) is 5.69 Å². The zero-order valence-corrected chi connectivity index (χ0v) is 13.4. The van der Waals surface area contributed by atoms with Gasteiger partial charge < -0.3 is 4.74 Å². The number of rotatable bonds is 5. The zero-order valence-electron chi connectivity index (χ0n) is 12.6. The molecule has 0 amide bonds. The molecular formula is C16H15NO5S. The average molecular weight is 333 g/mol. The number of hydrogen-bond acceptors (Lipinski definition) is 5. The molecule has 0 bridgehead atoms. The van der Waals surface area contributed by atoms with Crippen LogP contribution in [0.2, 0.25) is 0 Å². The number of esters is 1. The van der Waals surface area contributed by atoms with Crippen molar-refractivity contribution in [3.63, 3.8) is 0 Å². The minimum Gasteiger partial charge on any atom is -0.465 e. The molecule has 7 heteroatoms. The maximum Gasteiger partial charge on any atom is 0.337 e. The van der Waals surface area contributed by atoms with Crippen LogP contribution in [0.3, 0.4) is 0 Å². The number of anilines is 1. The quantitative estimate of drug-likeness (QED) is 0.670. The molecule has 0 radical (unpaired) electrons. The predicted octanol–water partition coefficient (Wildman–Crippen LogP) is 2.48. The van der Waals surface area contributed by atoms with Crippen LogP contribution in [0, 0.1) is 0 Å². The SMILES string of the molecule is COC(=O)c1ccc(NS(=O)(=O)c2cccc(C(C)=O)c2)cc1. The standard InChI is InChI=1S/C16H15NO5S/c1-11(18)13-4-3-5-15(10-13)23(20,21)17-14-8-6-12(7-9-14)16(19)22-2/h3-10,17H,1-2H3. The Bertz CT molecular complexity index is 841. The lowest BCUT2D eigenvalue weighted by atomic mass is 10.2. The van der Waals surface area contributed by atoms with Crippen LogP contribution in [0.25, 0.3) is 0 Å². The van der Waals surface area contributed by atoms with Crippen molar-refractivity contribution in [1.29, 1.82) is 0 Å². The van der Waals surface area contributed by atoms with Gasteiger partial charge in [-0.1, -0.05) is 12.1 Å². The molecule has 0 fully saturated rings. The molecule has 0 aromatic heterocycles. The van der Waals surface area contributed by atoms with Gasteiger partial charge in [-0.3, -0.25) is 9.52 Å². The maximum absolute atomic E-state index is 12.3. The van der Waals surface area contributed by atoms with Crippen molar-refractivity contribution in [2.45, 2.75) is 11.8 Å². The number of sulfonamides is 1. The van der Waals surface area contributed by atoms with Gasteiger partial charge in [0.1, 0.15) is 0 Å². The van der Waals surface area contributed by atoms with Gasteiger partial charge in [0.15, 0.2) is 5.78 Å². The highest BCUT2D eigenvalue weighted by Crippen LogP contribution is 2.18. The van der Waals surface area contributed by atoms with E-state index in [1.165, 1.54) is 56.5 Å². The van der Waals surface area contributed by atoms with Crippen molar-refractivity contribution in [2.75, 3.05) is 11.8 Å². The van der Waals surface area contributed by atoms with E-state index in [4.69, 9.17) is 0 Å². The normalized spacial score (nSPS) is 10.9. The molecule has 2 rings (SSSR count). The van der Waals surface area contributed by atoms with E-state index in [9.17, 15) is 18.0 Å². The summed E-state index contributed by atoms with van der Waals surface area (Å²) in [6.45, 7) is 1.37. The lowest BCUT2D eigenvalue weighted by Gasteiger charge is -2.09. The third-order valence-electron chi connectivity index (χ3n) is 3.11. The second-order valence-corrected chi connectivity index (χ2v) is 6.44. The molecule has 23 heavy (non-hydrogen) atoms. The predicted molar refractivity (Wildman–Crippen MR) is 85.0 cm³/mol. The van der Waals surface area contributed by atoms with E-state index in [0.717, 1.165) is 0 Å². The smallest absolute Gasteiger partial charge is 0.337 e. The van der Waals surface area contributed by atoms with Crippen molar-refractivity contribution in [3.05, 3.63) is 59.7 Å². The minimum absolute atomic E-state index is 0.0118. The lowest BCUT2D eigenvalue weighted by molar-refractivity contribution is 0.0600. The van der Waals surface area contributed by atoms with Crippen molar-refractivity contribution in [2.24, 2.45) is 0 Å². The Morgan fingerprint density at radius 3 is 2.22 bits per heavy atom. The van der Waals surface area contributed by atoms with E-state index in [2.05, 4.69) is 9.46 Å². The van der Waals surface area contributed by atoms with Crippen molar-refractivity contribution < 1.29 is 22.7 Å². The van der Waals surface area contributed by atoms with Crippen LogP contribution in [-0.2, 0) is 14.8 Å². The zero-order chi connectivity index (χ0) is 17.0. The second kappa shape index (κ2) is 6.62. The number of carbonyl (C=O) groups excluding carboxylic acids is 2. The van der Waals surface area contributed by atoms with Gasteiger partial charge in [-0.2, -0.15) is 0 Å². The molecule has 0 heterocycles. The lowest BCUT2D eigenvalue weighted by Crippen LogP contribution is -2.13. The Labute approximate surface area is 134 Å². The number of ketones is 1. The summed E-state index contributed by atoms with van der Waals surface area (Å²) in [7, 11) is -2.56. The molecule has 120 valence electrons. The first kappa shape index (κ1) is 16.7. The number of hydrogen-bond donors (Lipinski definition) is 1. The van der Waals surface area contributed by atoms with Crippen LogP contribution in [0.1, 0.15) is 27.6 Å². The Morgan fingerprint density at radius 2 is 1.65 bits per heavy atom. The molecule has 1 N–H and O–H groups in total. The van der Waals surface area contributed by atoms with E-state index in [1.54, 1.807) is 6.07 Å². The van der Waals surface area contributed by atoms with Crippen LogP contribution in [0.5, 0.6) is 0 Å². The molecule has 0 spiro atoms. The van der Waals surface area contributed by atoms with E-state index in [0.29, 0.717) is 16.8 Å². The molecule has 0 saturated heterocycles. The number of carbonyl (C=O) groups is 2. The number of methoxy groups -OCH3 is 1. The molecule has 6 nitrogen and oxygen atoms in total. The van der Waals surface area contributed by atoms with Gasteiger partial charge >= 0.3 is 5.97 Å². The van der Waals surface area contributed by atoms with Crippen LogP contribution < -0.4 is 4.72 Å². The Hall–Kier alpha value is -2.67. The minimum atomic E-state index is -3.83. The Balaban J connectivity index is 2.26. The highest BCUT2D eigenvalue weighted by atomic mass is 32.2. The van der Waals surface area contributed by atoms with E-state index in [-0.39, 0.29) is 10.7 Å². The monoisotopic (exact) mass is 333 g/mol. The van der Waals surface area contributed by atoms with Gasteiger partial charge in [0.05, 0.1) is 17.6 Å². The summed E-state index contributed by atoms with van der Waals surface area (Å²) >= 11 is 0. The van der Waals surface area contributed by atoms with Crippen molar-refractivity contribution >= 4 is 27.5 Å². The molecule has 2 aromatic carbocycles. The summed E-state index contributed by atoms with van der Waals surface area (Å²) in [5.41, 5.74) is 0.925. The van der Waals surface area contributed by atoms with Gasteiger partial charge in [-0.15, -0.1) is 0 Å². The largest absolute Gasteiger partial charge is 0.465 e. The summed E-state index contributed by atoms with van der Waals surface area (Å²) in [5.74, 6) is -0.724. The van der Waals surface area contributed by atoms with Crippen molar-refractivity contribution in [3.8, 4) is 0 Å². The molecule has 0 saturated carbocycles. The third kappa shape index (κ3) is 3.95. The molecule has 0 aliphatic rings. The van der Waals surface area contributed by atoms with Gasteiger partial charge in [-0.25, -0.2) is 13.2 Å². The Kier molecular flexibility index (Phi) is 4.80. The summed E-state index contributed by atoms with van der Waals surface area (Å²) < 4.78 is 31.6. The maximum atomic E-state index is 12.3. The fourth-order valence-electron chi connectivity index (χ4n) is 1.89. The molecule has 0 aliphatic heterocycles. The first-order valence-corrected chi connectivity index (χ1v) is 8.14. The van der Waals surface area contributed by atoms with Gasteiger partial charge in [0, 0.05) is 11.3 Å². The third-order valence-corrected chi connectivity index (χ3v) is 4.49. The van der Waals surface area contributed by atoms with Gasteiger partial charge in [0.25, 0.3) is 10.0 Å². The van der Waals surface area contributed by atoms with Crippen LogP contribution in [-0.4, -0.2) is 27.3 Å². The fraction of sp³-hybridized carbons (Fsp3) is 0.125. The summed E-state index contributed by atoms with van der Waals surface area (Å²) in [6.07, 6.45) is 0.